The fourth-order valence-corrected chi connectivity index (χ4v) is 2.80. The molecule has 0 fully saturated rings. The minimum atomic E-state index is -0.287. The zero-order valence-corrected chi connectivity index (χ0v) is 12.3. The number of hydrogen-bond donors (Lipinski definition) is 0. The lowest BCUT2D eigenvalue weighted by atomic mass is 9.85. The maximum atomic E-state index is 11.5. The molecule has 2 aromatic rings. The van der Waals surface area contributed by atoms with Crippen LogP contribution in [-0.4, -0.2) is 22.9 Å². The first-order chi connectivity index (χ1) is 10.2. The molecule has 0 N–H and O–H groups in total. The topological polar surface area (TPSA) is 44.1 Å². The number of aryl methyl sites for hydroxylation is 2. The van der Waals surface area contributed by atoms with Crippen LogP contribution in [0.5, 0.6) is 0 Å². The van der Waals surface area contributed by atoms with Crippen molar-refractivity contribution in [2.75, 3.05) is 7.11 Å². The zero-order chi connectivity index (χ0) is 14.8. The summed E-state index contributed by atoms with van der Waals surface area (Å²) in [5.41, 5.74) is 5.73. The Morgan fingerprint density at radius 3 is 2.90 bits per heavy atom. The van der Waals surface area contributed by atoms with E-state index in [0.29, 0.717) is 0 Å². The predicted octanol–water partition coefficient (Wildman–Crippen LogP) is 2.98. The van der Waals surface area contributed by atoms with Crippen LogP contribution in [0.2, 0.25) is 0 Å². The van der Waals surface area contributed by atoms with Crippen molar-refractivity contribution in [3.63, 3.8) is 0 Å². The quantitative estimate of drug-likeness (QED) is 0.628. The Hall–Kier alpha value is -2.36. The van der Waals surface area contributed by atoms with Crippen molar-refractivity contribution in [3.05, 3.63) is 47.8 Å². The monoisotopic (exact) mass is 282 g/mol. The van der Waals surface area contributed by atoms with Gasteiger partial charge in [0.1, 0.15) is 0 Å². The highest BCUT2D eigenvalue weighted by molar-refractivity contribution is 5.92. The number of carbonyl (C=O) groups excluding carboxylic acids is 1. The Balaban J connectivity index is 2.04. The fraction of sp³-hybridized carbons (Fsp3) is 0.294. The lowest BCUT2D eigenvalue weighted by molar-refractivity contribution is -0.134. The smallest absolute Gasteiger partial charge is 0.330 e. The maximum Gasteiger partial charge on any atom is 0.330 e. The second-order valence-corrected chi connectivity index (χ2v) is 5.32. The molecule has 1 aliphatic rings. The third-order valence-corrected chi connectivity index (χ3v) is 3.88. The van der Waals surface area contributed by atoms with Gasteiger partial charge < -0.3 is 4.74 Å². The number of esters is 1. The Labute approximate surface area is 124 Å². The van der Waals surface area contributed by atoms with Crippen LogP contribution in [0, 0.1) is 0 Å². The number of ether oxygens (including phenoxy) is 1. The SMILES string of the molecule is COC(=O)/C=C1\CCCc2ccc(-c3cnn(C)c3)cc21. The Kier molecular flexibility index (Phi) is 3.60. The summed E-state index contributed by atoms with van der Waals surface area (Å²) in [4.78, 5) is 11.5. The Bertz CT molecular complexity index is 713. The minimum Gasteiger partial charge on any atom is -0.466 e. The highest BCUT2D eigenvalue weighted by Crippen LogP contribution is 2.33. The standard InChI is InChI=1S/C17H18N2O2/c1-19-11-15(10-18-19)13-7-6-12-4-3-5-14(16(12)8-13)9-17(20)21-2/h6-11H,3-5H2,1-2H3/b14-9+. The number of methoxy groups -OCH3 is 1. The number of rotatable bonds is 2. The highest BCUT2D eigenvalue weighted by Gasteiger charge is 2.16. The Morgan fingerprint density at radius 2 is 2.19 bits per heavy atom. The summed E-state index contributed by atoms with van der Waals surface area (Å²) in [5.74, 6) is -0.287. The molecule has 21 heavy (non-hydrogen) atoms. The molecule has 0 unspecified atom stereocenters. The van der Waals surface area contributed by atoms with E-state index in [1.807, 2.05) is 19.4 Å². The summed E-state index contributed by atoms with van der Waals surface area (Å²) >= 11 is 0. The predicted molar refractivity (Wildman–Crippen MR) is 81.6 cm³/mol. The van der Waals surface area contributed by atoms with Gasteiger partial charge in [-0.05, 0) is 47.6 Å². The van der Waals surface area contributed by atoms with E-state index in [-0.39, 0.29) is 5.97 Å². The molecule has 1 heterocycles. The first kappa shape index (κ1) is 13.6. The van der Waals surface area contributed by atoms with Crippen LogP contribution >= 0.6 is 0 Å². The molecule has 1 aromatic heterocycles. The largest absolute Gasteiger partial charge is 0.466 e. The number of benzene rings is 1. The van der Waals surface area contributed by atoms with Gasteiger partial charge in [-0.15, -0.1) is 0 Å². The van der Waals surface area contributed by atoms with Gasteiger partial charge in [0.05, 0.1) is 13.3 Å². The van der Waals surface area contributed by atoms with Crippen molar-refractivity contribution in [2.24, 2.45) is 7.05 Å². The summed E-state index contributed by atoms with van der Waals surface area (Å²) in [5, 5.41) is 4.21. The molecule has 0 radical (unpaired) electrons. The summed E-state index contributed by atoms with van der Waals surface area (Å²) in [6.07, 6.45) is 8.51. The van der Waals surface area contributed by atoms with Crippen molar-refractivity contribution in [1.82, 2.24) is 9.78 Å². The van der Waals surface area contributed by atoms with E-state index in [1.54, 1.807) is 10.8 Å². The summed E-state index contributed by atoms with van der Waals surface area (Å²) < 4.78 is 6.55. The first-order valence-corrected chi connectivity index (χ1v) is 7.08. The molecule has 1 aliphatic carbocycles. The van der Waals surface area contributed by atoms with Crippen LogP contribution in [-0.2, 0) is 23.0 Å². The number of carbonyl (C=O) groups is 1. The third kappa shape index (κ3) is 2.75. The van der Waals surface area contributed by atoms with Gasteiger partial charge in [0, 0.05) is 24.9 Å². The van der Waals surface area contributed by atoms with Crippen molar-refractivity contribution in [1.29, 1.82) is 0 Å². The molecule has 0 bridgehead atoms. The van der Waals surface area contributed by atoms with Crippen molar-refractivity contribution in [3.8, 4) is 11.1 Å². The summed E-state index contributed by atoms with van der Waals surface area (Å²) in [7, 11) is 3.32. The first-order valence-electron chi connectivity index (χ1n) is 7.08. The number of hydrogen-bond acceptors (Lipinski definition) is 3. The van der Waals surface area contributed by atoms with Crippen LogP contribution < -0.4 is 0 Å². The Morgan fingerprint density at radius 1 is 1.33 bits per heavy atom. The van der Waals surface area contributed by atoms with Crippen LogP contribution in [0.3, 0.4) is 0 Å². The molecule has 3 rings (SSSR count). The molecule has 0 saturated carbocycles. The highest BCUT2D eigenvalue weighted by atomic mass is 16.5. The average molecular weight is 282 g/mol. The third-order valence-electron chi connectivity index (χ3n) is 3.88. The van der Waals surface area contributed by atoms with E-state index in [9.17, 15) is 4.79 Å². The molecule has 0 amide bonds. The number of nitrogens with zero attached hydrogens (tertiary/aromatic N) is 2. The molecule has 0 atom stereocenters. The van der Waals surface area contributed by atoms with Crippen molar-refractivity contribution in [2.45, 2.75) is 19.3 Å². The second kappa shape index (κ2) is 5.56. The van der Waals surface area contributed by atoms with Gasteiger partial charge in [0.15, 0.2) is 0 Å². The zero-order valence-electron chi connectivity index (χ0n) is 12.3. The van der Waals surface area contributed by atoms with E-state index in [1.165, 1.54) is 12.7 Å². The molecule has 0 saturated heterocycles. The lowest BCUT2D eigenvalue weighted by Crippen LogP contribution is -2.05. The van der Waals surface area contributed by atoms with Gasteiger partial charge in [0.2, 0.25) is 0 Å². The van der Waals surface area contributed by atoms with Gasteiger partial charge in [-0.3, -0.25) is 4.68 Å². The van der Waals surface area contributed by atoms with Crippen molar-refractivity contribution >= 4 is 11.5 Å². The molecular formula is C17H18N2O2. The molecular weight excluding hydrogens is 264 g/mol. The normalized spacial score (nSPS) is 15.8. The van der Waals surface area contributed by atoms with Crippen LogP contribution in [0.4, 0.5) is 0 Å². The van der Waals surface area contributed by atoms with Crippen LogP contribution in [0.1, 0.15) is 24.0 Å². The number of allylic oxidation sites excluding steroid dienone is 1. The molecule has 4 nitrogen and oxygen atoms in total. The lowest BCUT2D eigenvalue weighted by Gasteiger charge is -2.19. The average Bonchev–Trinajstić information content (AvgIpc) is 2.93. The van der Waals surface area contributed by atoms with Crippen LogP contribution in [0.15, 0.2) is 36.7 Å². The van der Waals surface area contributed by atoms with E-state index in [4.69, 9.17) is 4.74 Å². The fourth-order valence-electron chi connectivity index (χ4n) is 2.80. The molecule has 0 aliphatic heterocycles. The summed E-state index contributed by atoms with van der Waals surface area (Å²) in [6.45, 7) is 0. The molecule has 1 aromatic carbocycles. The van der Waals surface area contributed by atoms with Crippen molar-refractivity contribution < 1.29 is 9.53 Å². The summed E-state index contributed by atoms with van der Waals surface area (Å²) in [6, 6.07) is 6.43. The minimum absolute atomic E-state index is 0.287. The van der Waals surface area contributed by atoms with E-state index in [0.717, 1.165) is 41.5 Å². The maximum absolute atomic E-state index is 11.5. The van der Waals surface area contributed by atoms with Gasteiger partial charge in [-0.25, -0.2) is 4.79 Å². The second-order valence-electron chi connectivity index (χ2n) is 5.32. The van der Waals surface area contributed by atoms with Gasteiger partial charge in [-0.1, -0.05) is 12.1 Å². The van der Waals surface area contributed by atoms with E-state index in [2.05, 4.69) is 23.3 Å². The molecule has 4 heteroatoms. The number of aromatic nitrogens is 2. The number of fused-ring (bicyclic) bond motifs is 1. The van der Waals surface area contributed by atoms with Gasteiger partial charge in [-0.2, -0.15) is 5.10 Å². The van der Waals surface area contributed by atoms with Gasteiger partial charge >= 0.3 is 5.97 Å². The van der Waals surface area contributed by atoms with Crippen LogP contribution in [0.25, 0.3) is 16.7 Å². The van der Waals surface area contributed by atoms with Gasteiger partial charge in [0.25, 0.3) is 0 Å². The van der Waals surface area contributed by atoms with E-state index < -0.39 is 0 Å². The molecule has 108 valence electrons. The molecule has 0 spiro atoms. The van der Waals surface area contributed by atoms with E-state index >= 15 is 0 Å².